The molecule has 3 aromatic rings. The fourth-order valence-electron chi connectivity index (χ4n) is 4.21. The third kappa shape index (κ3) is 9.32. The first-order chi connectivity index (χ1) is 16.8. The Morgan fingerprint density at radius 3 is 2.05 bits per heavy atom. The van der Waals surface area contributed by atoms with Crippen molar-refractivity contribution in [3.8, 4) is 11.1 Å². The van der Waals surface area contributed by atoms with E-state index >= 15 is 0 Å². The van der Waals surface area contributed by atoms with E-state index in [2.05, 4.69) is 117 Å². The van der Waals surface area contributed by atoms with Gasteiger partial charge in [0.15, 0.2) is 0 Å². The summed E-state index contributed by atoms with van der Waals surface area (Å²) in [4.78, 5) is 0. The predicted octanol–water partition coefficient (Wildman–Crippen LogP) is 3.08. The molecule has 2 aliphatic rings. The number of benzene rings is 2. The second-order valence-electron chi connectivity index (χ2n) is 12.0. The summed E-state index contributed by atoms with van der Waals surface area (Å²) in [5.74, 6) is 0.444. The Bertz CT molecular complexity index is 1200. The molecule has 1 heterocycles. The molecule has 0 amide bonds. The fraction of sp³-hybridized carbons (Fsp3) is 0.382. The number of hydrogen-bond acceptors (Lipinski definition) is 1. The van der Waals surface area contributed by atoms with Crippen LogP contribution in [0, 0.1) is 18.1 Å². The molecule has 0 aliphatic heterocycles. The quantitative estimate of drug-likeness (QED) is 0.296. The van der Waals surface area contributed by atoms with Crippen molar-refractivity contribution in [2.24, 2.45) is 5.92 Å². The first-order valence-electron chi connectivity index (χ1n) is 12.8. The molecule has 1 unspecified atom stereocenters. The number of hydrogen-bond donors (Lipinski definition) is 0. The van der Waals surface area contributed by atoms with Gasteiger partial charge in [-0.2, -0.15) is 41.5 Å². The molecule has 1 aromatic heterocycles. The largest absolute Gasteiger partial charge is 1.00 e. The Labute approximate surface area is 258 Å². The summed E-state index contributed by atoms with van der Waals surface area (Å²) < 4.78 is 6.47. The Morgan fingerprint density at radius 2 is 1.55 bits per heavy atom. The van der Waals surface area contributed by atoms with Gasteiger partial charge in [-0.1, -0.05) is 89.8 Å². The molecular formula is C34H40Cl2OZr-2. The SMILES string of the molecule is CC(C)(C)c1[c-]c2c(cc1)-c1ccc(C(C)(C)C)cc1C2.CC1[C-]=C(c2ccoc2)C=C1.C[C](C)=[Zr+2].[Cl-].[Cl-]. The molecule has 1 atom stereocenters. The minimum absolute atomic E-state index is 0. The van der Waals surface area contributed by atoms with Gasteiger partial charge in [0.1, 0.15) is 0 Å². The molecule has 0 bridgehead atoms. The van der Waals surface area contributed by atoms with Crippen LogP contribution in [-0.4, -0.2) is 3.21 Å². The van der Waals surface area contributed by atoms with E-state index in [1.807, 2.05) is 6.07 Å². The van der Waals surface area contributed by atoms with Crippen molar-refractivity contribution in [2.45, 2.75) is 79.6 Å². The Kier molecular flexibility index (Phi) is 13.0. The van der Waals surface area contributed by atoms with Crippen molar-refractivity contribution in [2.75, 3.05) is 0 Å². The van der Waals surface area contributed by atoms with Crippen LogP contribution in [0.3, 0.4) is 0 Å². The molecule has 4 heteroatoms. The zero-order chi connectivity index (χ0) is 26.7. The van der Waals surface area contributed by atoms with Crippen molar-refractivity contribution in [1.29, 1.82) is 0 Å². The van der Waals surface area contributed by atoms with E-state index in [-0.39, 0.29) is 35.6 Å². The van der Waals surface area contributed by atoms with E-state index in [1.165, 1.54) is 36.6 Å². The van der Waals surface area contributed by atoms with Crippen LogP contribution in [-0.2, 0) is 41.5 Å². The van der Waals surface area contributed by atoms with E-state index < -0.39 is 0 Å². The minimum Gasteiger partial charge on any atom is -1.00 e. The normalized spacial score (nSPS) is 14.9. The standard InChI is InChI=1S/C21H25.C10H9O.C3H6.2ClH.Zr/c1-20(2,3)16-7-9-18-14(12-16)11-15-13-17(21(4,5)6)8-10-19(15)18;1-8-2-3-9(6-8)10-4-5-11-7-10;1-3-2;;;/h7-10,12H,11H2,1-6H3;2-5,7-8H,1H3;1-2H3;2*1H;/q2*-1;;;;+2/p-2. The monoisotopic (exact) mass is 624 g/mol. The van der Waals surface area contributed by atoms with Gasteiger partial charge in [-0.05, 0) is 28.4 Å². The molecule has 5 rings (SSSR count). The van der Waals surface area contributed by atoms with Crippen LogP contribution in [0.2, 0.25) is 0 Å². The first-order valence-corrected chi connectivity index (χ1v) is 14.0. The van der Waals surface area contributed by atoms with E-state index in [1.54, 1.807) is 36.8 Å². The summed E-state index contributed by atoms with van der Waals surface area (Å²) in [6, 6.07) is 17.1. The number of allylic oxidation sites excluding steroid dienone is 4. The summed E-state index contributed by atoms with van der Waals surface area (Å²) in [7, 11) is 0. The maximum atomic E-state index is 4.97. The van der Waals surface area contributed by atoms with Gasteiger partial charge in [-0.3, -0.25) is 0 Å². The third-order valence-corrected chi connectivity index (χ3v) is 6.23. The molecule has 0 spiro atoms. The third-order valence-electron chi connectivity index (χ3n) is 6.23. The molecule has 2 aliphatic carbocycles. The van der Waals surface area contributed by atoms with Crippen LogP contribution in [0.15, 0.2) is 65.5 Å². The topological polar surface area (TPSA) is 13.1 Å². The van der Waals surface area contributed by atoms with Gasteiger partial charge < -0.3 is 29.2 Å². The average molecular weight is 627 g/mol. The van der Waals surface area contributed by atoms with Gasteiger partial charge in [-0.25, -0.2) is 0 Å². The summed E-state index contributed by atoms with van der Waals surface area (Å²) in [5.41, 5.74) is 11.0. The summed E-state index contributed by atoms with van der Waals surface area (Å²) >= 11 is 1.55. The van der Waals surface area contributed by atoms with Crippen molar-refractivity contribution in [1.82, 2.24) is 0 Å². The van der Waals surface area contributed by atoms with Gasteiger partial charge in [-0.15, -0.1) is 17.2 Å². The molecule has 0 saturated heterocycles. The van der Waals surface area contributed by atoms with E-state index in [4.69, 9.17) is 4.42 Å². The van der Waals surface area contributed by atoms with Gasteiger partial charge in [0.2, 0.25) is 0 Å². The van der Waals surface area contributed by atoms with Crippen molar-refractivity contribution in [3.05, 3.63) is 101 Å². The molecular weight excluding hydrogens is 587 g/mol. The zero-order valence-electron chi connectivity index (χ0n) is 24.2. The fourth-order valence-corrected chi connectivity index (χ4v) is 4.21. The maximum absolute atomic E-state index is 4.97. The van der Waals surface area contributed by atoms with Crippen LogP contribution in [0.5, 0.6) is 0 Å². The predicted molar refractivity (Wildman–Crippen MR) is 151 cm³/mol. The summed E-state index contributed by atoms with van der Waals surface area (Å²) in [5, 5.41) is 0. The Hall–Kier alpha value is -1.47. The number of halogens is 2. The molecule has 202 valence electrons. The molecule has 1 nitrogen and oxygen atoms in total. The van der Waals surface area contributed by atoms with E-state index in [9.17, 15) is 0 Å². The van der Waals surface area contributed by atoms with Crippen LogP contribution in [0.25, 0.3) is 16.7 Å². The molecule has 2 aromatic carbocycles. The summed E-state index contributed by atoms with van der Waals surface area (Å²) in [6.07, 6.45) is 12.0. The average Bonchev–Trinajstić information content (AvgIpc) is 3.51. The molecule has 0 N–H and O–H groups in total. The Morgan fingerprint density at radius 1 is 0.921 bits per heavy atom. The maximum Gasteiger partial charge on any atom is -1.00 e. The van der Waals surface area contributed by atoms with Crippen molar-refractivity contribution < 1.29 is 53.5 Å². The molecule has 0 saturated carbocycles. The van der Waals surface area contributed by atoms with Gasteiger partial charge in [0.05, 0.1) is 6.26 Å². The minimum atomic E-state index is 0. The van der Waals surface area contributed by atoms with Crippen LogP contribution >= 0.6 is 0 Å². The second kappa shape index (κ2) is 14.2. The van der Waals surface area contributed by atoms with Gasteiger partial charge in [0.25, 0.3) is 0 Å². The smallest absolute Gasteiger partial charge is 1.00 e. The second-order valence-corrected chi connectivity index (χ2v) is 14.5. The van der Waals surface area contributed by atoms with E-state index in [0.717, 1.165) is 17.6 Å². The van der Waals surface area contributed by atoms with Crippen LogP contribution < -0.4 is 24.8 Å². The first kappa shape index (κ1) is 34.6. The molecule has 38 heavy (non-hydrogen) atoms. The van der Waals surface area contributed by atoms with Crippen LogP contribution in [0.1, 0.15) is 90.1 Å². The number of fused-ring (bicyclic) bond motifs is 3. The van der Waals surface area contributed by atoms with Gasteiger partial charge in [0, 0.05) is 6.26 Å². The summed E-state index contributed by atoms with van der Waals surface area (Å²) in [6.45, 7) is 20.0. The molecule has 0 radical (unpaired) electrons. The number of rotatable bonds is 1. The van der Waals surface area contributed by atoms with Crippen molar-refractivity contribution >= 4 is 8.78 Å². The van der Waals surface area contributed by atoms with Crippen molar-refractivity contribution in [3.63, 3.8) is 0 Å². The van der Waals surface area contributed by atoms with Gasteiger partial charge >= 0.3 is 41.3 Å². The van der Waals surface area contributed by atoms with Crippen LogP contribution in [0.4, 0.5) is 0 Å². The number of furan rings is 1. The zero-order valence-corrected chi connectivity index (χ0v) is 28.2. The Balaban J connectivity index is 0.000000358. The van der Waals surface area contributed by atoms with E-state index in [0.29, 0.717) is 5.92 Å². The molecule has 0 fully saturated rings.